The van der Waals surface area contributed by atoms with E-state index >= 15 is 0 Å². The number of aromatic nitrogens is 1. The molecule has 0 aliphatic rings. The van der Waals surface area contributed by atoms with Crippen LogP contribution in [0.4, 0.5) is 10.8 Å². The lowest BCUT2D eigenvalue weighted by molar-refractivity contribution is -0.185. The first kappa shape index (κ1) is 27.9. The van der Waals surface area contributed by atoms with Crippen LogP contribution in [0.25, 0.3) is 0 Å². The third kappa shape index (κ3) is 5.67. The summed E-state index contributed by atoms with van der Waals surface area (Å²) in [6.45, 7) is -0.653. The molecule has 37 heavy (non-hydrogen) atoms. The topological polar surface area (TPSA) is 251 Å². The number of thiazole rings is 1. The molecule has 0 saturated heterocycles. The Morgan fingerprint density at radius 2 is 1.65 bits per heavy atom. The van der Waals surface area contributed by atoms with Gasteiger partial charge in [-0.1, -0.05) is 30.3 Å². The van der Waals surface area contributed by atoms with E-state index < -0.39 is 70.1 Å². The van der Waals surface area contributed by atoms with Crippen molar-refractivity contribution in [3.05, 3.63) is 52.5 Å². The summed E-state index contributed by atoms with van der Waals surface area (Å²) < 4.78 is 5.36. The van der Waals surface area contributed by atoms with E-state index in [0.29, 0.717) is 0 Å². The molecule has 0 fully saturated rings. The summed E-state index contributed by atoms with van der Waals surface area (Å²) in [5.74, 6) is -13.2. The van der Waals surface area contributed by atoms with Gasteiger partial charge < -0.3 is 62.0 Å². The number of hydrogen-bond acceptors (Lipinski definition) is 14. The molecule has 12 N–H and O–H groups in total. The van der Waals surface area contributed by atoms with E-state index in [1.54, 1.807) is 29.6 Å². The standard InChI is InChI=1S/C22H26N4O10S/c1-36-11(10-5-3-2-4-6-10)7-24-9-21(32,33)13-15(27)17(29)14(18(30)16(13)28)26-19(31)22(34,35)12-8-37-20(23)25-12/h2-6,8,11,24,27-30,32-35H,7,9H2,1H3,(H2,23,25)(H,26,31). The highest BCUT2D eigenvalue weighted by molar-refractivity contribution is 7.13. The van der Waals surface area contributed by atoms with Crippen LogP contribution < -0.4 is 16.4 Å². The van der Waals surface area contributed by atoms with Gasteiger partial charge in [0.25, 0.3) is 11.7 Å². The van der Waals surface area contributed by atoms with Crippen molar-refractivity contribution < 1.29 is 50.4 Å². The number of carbonyl (C=O) groups excluding carboxylic acids is 1. The largest absolute Gasteiger partial charge is 0.504 e. The van der Waals surface area contributed by atoms with E-state index in [9.17, 15) is 45.6 Å². The van der Waals surface area contributed by atoms with Crippen LogP contribution in [0.1, 0.15) is 22.9 Å². The highest BCUT2D eigenvalue weighted by Crippen LogP contribution is 2.53. The molecule has 2 aromatic carbocycles. The summed E-state index contributed by atoms with van der Waals surface area (Å²) in [5, 5.41) is 88.2. The minimum atomic E-state index is -3.28. The maximum atomic E-state index is 12.4. The van der Waals surface area contributed by atoms with Crippen molar-refractivity contribution in [2.45, 2.75) is 17.7 Å². The Kier molecular flexibility index (Phi) is 8.09. The molecule has 1 aromatic heterocycles. The number of amides is 1. The number of nitrogens with zero attached hydrogens (tertiary/aromatic N) is 1. The van der Waals surface area contributed by atoms with Crippen LogP contribution in [0.15, 0.2) is 35.7 Å². The quantitative estimate of drug-likeness (QED) is 0.0880. The second-order valence-electron chi connectivity index (χ2n) is 7.92. The number of nitrogens with one attached hydrogen (secondary N) is 2. The Morgan fingerprint density at radius 3 is 2.16 bits per heavy atom. The fraction of sp³-hybridized carbons (Fsp3) is 0.273. The Bertz CT molecular complexity index is 1240. The molecule has 1 unspecified atom stereocenters. The zero-order valence-corrected chi connectivity index (χ0v) is 20.1. The molecule has 200 valence electrons. The fourth-order valence-corrected chi connectivity index (χ4v) is 4.03. The van der Waals surface area contributed by atoms with Crippen LogP contribution >= 0.6 is 11.3 Å². The minimum absolute atomic E-state index is 0.0627. The number of ether oxygens (including phenoxy) is 1. The Balaban J connectivity index is 1.82. The average Bonchev–Trinajstić information content (AvgIpc) is 3.30. The van der Waals surface area contributed by atoms with Gasteiger partial charge in [-0.3, -0.25) is 4.79 Å². The summed E-state index contributed by atoms with van der Waals surface area (Å²) in [4.78, 5) is 16.0. The molecule has 15 heteroatoms. The number of aliphatic hydroxyl groups is 4. The lowest BCUT2D eigenvalue weighted by Gasteiger charge is -2.27. The maximum absolute atomic E-state index is 12.4. The lowest BCUT2D eigenvalue weighted by Crippen LogP contribution is -2.41. The van der Waals surface area contributed by atoms with E-state index in [2.05, 4.69) is 10.3 Å². The molecular weight excluding hydrogens is 512 g/mol. The highest BCUT2D eigenvalue weighted by Gasteiger charge is 2.42. The molecule has 0 radical (unpaired) electrons. The van der Waals surface area contributed by atoms with E-state index in [1.807, 2.05) is 6.07 Å². The first-order chi connectivity index (χ1) is 17.3. The lowest BCUT2D eigenvalue weighted by atomic mass is 10.00. The zero-order valence-electron chi connectivity index (χ0n) is 19.3. The normalized spacial score (nSPS) is 12.9. The van der Waals surface area contributed by atoms with Gasteiger partial charge >= 0.3 is 0 Å². The molecule has 0 bridgehead atoms. The van der Waals surface area contributed by atoms with Gasteiger partial charge in [-0.15, -0.1) is 11.3 Å². The van der Waals surface area contributed by atoms with E-state index in [0.717, 1.165) is 22.3 Å². The van der Waals surface area contributed by atoms with Gasteiger partial charge in [0, 0.05) is 19.0 Å². The molecular formula is C22H26N4O10S. The number of hydrogen-bond donors (Lipinski definition) is 11. The number of phenols is 4. The van der Waals surface area contributed by atoms with Crippen LogP contribution in [-0.4, -0.2) is 71.9 Å². The molecule has 14 nitrogen and oxygen atoms in total. The SMILES string of the molecule is COC(CNCC(O)(O)c1c(O)c(O)c(NC(=O)C(O)(O)c2csc(N)n2)c(O)c1O)c1ccccc1. The van der Waals surface area contributed by atoms with E-state index in [1.165, 1.54) is 7.11 Å². The molecule has 0 spiro atoms. The van der Waals surface area contributed by atoms with Crippen molar-refractivity contribution in [2.24, 2.45) is 0 Å². The van der Waals surface area contributed by atoms with Crippen LogP contribution in [0.5, 0.6) is 23.0 Å². The van der Waals surface area contributed by atoms with Gasteiger partial charge in [-0.2, -0.15) is 0 Å². The van der Waals surface area contributed by atoms with Crippen LogP contribution in [-0.2, 0) is 21.1 Å². The molecule has 3 rings (SSSR count). The Labute approximate surface area is 213 Å². The predicted octanol–water partition coefficient (Wildman–Crippen LogP) is -0.562. The van der Waals surface area contributed by atoms with Crippen LogP contribution in [0.3, 0.4) is 0 Å². The van der Waals surface area contributed by atoms with Gasteiger partial charge in [-0.05, 0) is 5.56 Å². The van der Waals surface area contributed by atoms with Crippen LogP contribution in [0.2, 0.25) is 0 Å². The van der Waals surface area contributed by atoms with Gasteiger partial charge in [0.2, 0.25) is 5.79 Å². The van der Waals surface area contributed by atoms with Gasteiger partial charge in [0.1, 0.15) is 16.9 Å². The summed E-state index contributed by atoms with van der Waals surface area (Å²) in [6.07, 6.45) is -0.496. The summed E-state index contributed by atoms with van der Waals surface area (Å²) >= 11 is 0.798. The monoisotopic (exact) mass is 538 g/mol. The summed E-state index contributed by atoms with van der Waals surface area (Å²) in [6, 6.07) is 8.96. The molecule has 3 aromatic rings. The number of nitrogens with two attached hydrogens (primary N) is 1. The van der Waals surface area contributed by atoms with E-state index in [4.69, 9.17) is 10.5 Å². The Morgan fingerprint density at radius 1 is 1.05 bits per heavy atom. The minimum Gasteiger partial charge on any atom is -0.504 e. The maximum Gasteiger partial charge on any atom is 0.291 e. The van der Waals surface area contributed by atoms with Gasteiger partial charge in [0.05, 0.1) is 12.6 Å². The van der Waals surface area contributed by atoms with Gasteiger partial charge in [-0.25, -0.2) is 4.98 Å². The Hall–Kier alpha value is -3.70. The van der Waals surface area contributed by atoms with Gasteiger partial charge in [0.15, 0.2) is 28.1 Å². The number of rotatable bonds is 10. The second-order valence-corrected chi connectivity index (χ2v) is 8.81. The number of carbonyl (C=O) groups is 1. The molecule has 0 saturated carbocycles. The van der Waals surface area contributed by atoms with Crippen LogP contribution in [0, 0.1) is 0 Å². The summed E-state index contributed by atoms with van der Waals surface area (Å²) in [7, 11) is 1.45. The number of methoxy groups -OCH3 is 1. The van der Waals surface area contributed by atoms with Crippen molar-refractivity contribution in [1.29, 1.82) is 0 Å². The summed E-state index contributed by atoms with van der Waals surface area (Å²) in [5.41, 5.74) is 3.48. The van der Waals surface area contributed by atoms with Crippen molar-refractivity contribution in [3.8, 4) is 23.0 Å². The van der Waals surface area contributed by atoms with Crippen molar-refractivity contribution in [2.75, 3.05) is 31.2 Å². The molecule has 1 atom stereocenters. The average molecular weight is 539 g/mol. The molecule has 1 heterocycles. The number of phenolic OH excluding ortho intramolecular Hbond substituents is 4. The van der Waals surface area contributed by atoms with E-state index in [-0.39, 0.29) is 11.7 Å². The number of benzene rings is 2. The highest BCUT2D eigenvalue weighted by atomic mass is 32.1. The molecule has 0 aliphatic carbocycles. The second kappa shape index (κ2) is 10.7. The third-order valence-electron chi connectivity index (χ3n) is 5.39. The fourth-order valence-electron chi connectivity index (χ4n) is 3.43. The third-order valence-corrected chi connectivity index (χ3v) is 6.06. The smallest absolute Gasteiger partial charge is 0.291 e. The first-order valence-corrected chi connectivity index (χ1v) is 11.4. The number of nitrogen functional groups attached to an aromatic ring is 1. The predicted molar refractivity (Wildman–Crippen MR) is 130 cm³/mol. The van der Waals surface area contributed by atoms with Crippen molar-refractivity contribution in [1.82, 2.24) is 10.3 Å². The number of aromatic hydroxyl groups is 4. The van der Waals surface area contributed by atoms with Crippen molar-refractivity contribution >= 4 is 28.1 Å². The molecule has 0 aliphatic heterocycles. The zero-order chi connectivity index (χ0) is 27.5. The molecule has 1 amide bonds. The van der Waals surface area contributed by atoms with Crippen molar-refractivity contribution in [3.63, 3.8) is 0 Å². The number of anilines is 2. The first-order valence-electron chi connectivity index (χ1n) is 10.5.